The number of amides is 1. The number of likely N-dealkylation sites (tertiary alicyclic amines) is 1. The lowest BCUT2D eigenvalue weighted by molar-refractivity contribution is 0.0708. The molecule has 8 nitrogen and oxygen atoms in total. The van der Waals surface area contributed by atoms with E-state index in [-0.39, 0.29) is 11.9 Å². The van der Waals surface area contributed by atoms with Gasteiger partial charge in [0, 0.05) is 43.3 Å². The van der Waals surface area contributed by atoms with Gasteiger partial charge in [-0.25, -0.2) is 9.97 Å². The molecule has 34 heavy (non-hydrogen) atoms. The topological polar surface area (TPSA) is 102 Å². The smallest absolute Gasteiger partial charge is 0.254 e. The van der Waals surface area contributed by atoms with Crippen LogP contribution in [0.2, 0.25) is 0 Å². The van der Waals surface area contributed by atoms with Crippen molar-refractivity contribution in [2.75, 3.05) is 20.2 Å². The van der Waals surface area contributed by atoms with Crippen LogP contribution in [0.1, 0.15) is 42.6 Å². The molecule has 0 saturated carbocycles. The van der Waals surface area contributed by atoms with Crippen molar-refractivity contribution in [1.82, 2.24) is 24.4 Å². The van der Waals surface area contributed by atoms with Crippen LogP contribution >= 0.6 is 0 Å². The summed E-state index contributed by atoms with van der Waals surface area (Å²) in [4.78, 5) is 27.9. The summed E-state index contributed by atoms with van der Waals surface area (Å²) >= 11 is 0. The van der Waals surface area contributed by atoms with E-state index in [1.165, 1.54) is 5.56 Å². The molecular weight excluding hydrogens is 428 g/mol. The minimum atomic E-state index is -0.0318. The SMILES string of the molecule is COc1cc(C(=O)N2CCC[C@@H](N)C2)cc2nc(-c3cc4c(CC(C)C)ccnc4[nH]3)n(C)c12. The third-order valence-electron chi connectivity index (χ3n) is 6.64. The van der Waals surface area contributed by atoms with Crippen LogP contribution in [0, 0.1) is 5.92 Å². The van der Waals surface area contributed by atoms with Gasteiger partial charge in [-0.2, -0.15) is 0 Å². The average molecular weight is 461 g/mol. The van der Waals surface area contributed by atoms with E-state index < -0.39 is 0 Å². The second-order valence-corrected chi connectivity index (χ2v) is 9.71. The molecule has 1 amide bonds. The van der Waals surface area contributed by atoms with Crippen LogP contribution < -0.4 is 10.5 Å². The van der Waals surface area contributed by atoms with E-state index in [0.29, 0.717) is 23.8 Å². The fraction of sp³-hybridized carbons (Fsp3) is 0.423. The van der Waals surface area contributed by atoms with Crippen molar-refractivity contribution in [3.05, 3.63) is 41.6 Å². The van der Waals surface area contributed by atoms with Crippen LogP contribution in [0.15, 0.2) is 30.5 Å². The summed E-state index contributed by atoms with van der Waals surface area (Å²) in [6, 6.07) is 7.90. The van der Waals surface area contributed by atoms with Crippen molar-refractivity contribution in [2.24, 2.45) is 18.7 Å². The van der Waals surface area contributed by atoms with E-state index in [4.69, 9.17) is 15.5 Å². The summed E-state index contributed by atoms with van der Waals surface area (Å²) < 4.78 is 7.71. The zero-order valence-electron chi connectivity index (χ0n) is 20.3. The van der Waals surface area contributed by atoms with E-state index in [2.05, 4.69) is 35.9 Å². The molecule has 0 radical (unpaired) electrons. The molecule has 4 heterocycles. The van der Waals surface area contributed by atoms with Gasteiger partial charge < -0.3 is 24.9 Å². The Morgan fingerprint density at radius 2 is 2.15 bits per heavy atom. The number of ether oxygens (including phenoxy) is 1. The van der Waals surface area contributed by atoms with Crippen molar-refractivity contribution >= 4 is 28.0 Å². The molecule has 0 bridgehead atoms. The number of imidazole rings is 1. The van der Waals surface area contributed by atoms with E-state index in [1.807, 2.05) is 34.8 Å². The maximum absolute atomic E-state index is 13.2. The zero-order valence-corrected chi connectivity index (χ0v) is 20.3. The van der Waals surface area contributed by atoms with E-state index in [1.54, 1.807) is 7.11 Å². The summed E-state index contributed by atoms with van der Waals surface area (Å²) in [5.74, 6) is 1.91. The third kappa shape index (κ3) is 3.92. The highest BCUT2D eigenvalue weighted by atomic mass is 16.5. The lowest BCUT2D eigenvalue weighted by Gasteiger charge is -2.30. The van der Waals surface area contributed by atoms with Crippen molar-refractivity contribution < 1.29 is 9.53 Å². The molecule has 5 rings (SSSR count). The molecule has 1 atom stereocenters. The van der Waals surface area contributed by atoms with Crippen molar-refractivity contribution in [1.29, 1.82) is 0 Å². The fourth-order valence-corrected chi connectivity index (χ4v) is 5.03. The summed E-state index contributed by atoms with van der Waals surface area (Å²) in [5.41, 5.74) is 11.2. The Labute approximate surface area is 199 Å². The van der Waals surface area contributed by atoms with Gasteiger partial charge in [-0.3, -0.25) is 4.79 Å². The first-order chi connectivity index (χ1) is 16.4. The highest BCUT2D eigenvalue weighted by Crippen LogP contribution is 2.33. The van der Waals surface area contributed by atoms with Crippen LogP contribution in [-0.4, -0.2) is 56.6 Å². The predicted molar refractivity (Wildman–Crippen MR) is 134 cm³/mol. The number of carbonyl (C=O) groups is 1. The Kier molecular flexibility index (Phi) is 5.77. The maximum atomic E-state index is 13.2. The second kappa shape index (κ2) is 8.76. The number of hydrogen-bond donors (Lipinski definition) is 2. The highest BCUT2D eigenvalue weighted by Gasteiger charge is 2.25. The second-order valence-electron chi connectivity index (χ2n) is 9.71. The number of hydrogen-bond acceptors (Lipinski definition) is 5. The quantitative estimate of drug-likeness (QED) is 0.470. The minimum absolute atomic E-state index is 0.0287. The van der Waals surface area contributed by atoms with Gasteiger partial charge in [-0.1, -0.05) is 13.8 Å². The number of nitrogens with one attached hydrogen (secondary N) is 1. The molecule has 0 spiro atoms. The monoisotopic (exact) mass is 460 g/mol. The number of rotatable bonds is 5. The first-order valence-corrected chi connectivity index (χ1v) is 11.9. The van der Waals surface area contributed by atoms with Gasteiger partial charge in [0.15, 0.2) is 5.82 Å². The van der Waals surface area contributed by atoms with E-state index in [0.717, 1.165) is 59.4 Å². The molecule has 178 valence electrons. The summed E-state index contributed by atoms with van der Waals surface area (Å²) in [5, 5.41) is 1.11. The largest absolute Gasteiger partial charge is 0.494 e. The number of piperidine rings is 1. The lowest BCUT2D eigenvalue weighted by Crippen LogP contribution is -2.45. The Hall–Kier alpha value is -3.39. The molecule has 1 aromatic carbocycles. The van der Waals surface area contributed by atoms with Gasteiger partial charge in [-0.05, 0) is 55.0 Å². The van der Waals surface area contributed by atoms with Gasteiger partial charge in [0.25, 0.3) is 5.91 Å². The van der Waals surface area contributed by atoms with Crippen LogP contribution in [0.5, 0.6) is 5.75 Å². The van der Waals surface area contributed by atoms with Crippen molar-refractivity contribution in [3.8, 4) is 17.3 Å². The Balaban J connectivity index is 1.58. The number of nitrogens with zero attached hydrogens (tertiary/aromatic N) is 4. The molecule has 0 unspecified atom stereocenters. The molecule has 3 aromatic heterocycles. The summed E-state index contributed by atoms with van der Waals surface area (Å²) in [6.07, 6.45) is 4.71. The number of carbonyl (C=O) groups excluding carboxylic acids is 1. The Morgan fingerprint density at radius 3 is 2.88 bits per heavy atom. The molecular formula is C26H32N6O2. The normalized spacial score (nSPS) is 16.6. The van der Waals surface area contributed by atoms with Gasteiger partial charge in [0.1, 0.15) is 16.9 Å². The molecule has 3 N–H and O–H groups in total. The fourth-order valence-electron chi connectivity index (χ4n) is 5.03. The van der Waals surface area contributed by atoms with Gasteiger partial charge in [-0.15, -0.1) is 0 Å². The Morgan fingerprint density at radius 1 is 1.32 bits per heavy atom. The highest BCUT2D eigenvalue weighted by molar-refractivity contribution is 6.00. The summed E-state index contributed by atoms with van der Waals surface area (Å²) in [6.45, 7) is 5.73. The first-order valence-electron chi connectivity index (χ1n) is 11.9. The van der Waals surface area contributed by atoms with Crippen molar-refractivity contribution in [3.63, 3.8) is 0 Å². The van der Waals surface area contributed by atoms with E-state index >= 15 is 0 Å². The van der Waals surface area contributed by atoms with Crippen LogP contribution in [0.3, 0.4) is 0 Å². The molecule has 0 aliphatic carbocycles. The van der Waals surface area contributed by atoms with Gasteiger partial charge in [0.2, 0.25) is 0 Å². The molecule has 1 aliphatic heterocycles. The number of benzene rings is 1. The minimum Gasteiger partial charge on any atom is -0.494 e. The van der Waals surface area contributed by atoms with Crippen LogP contribution in [-0.2, 0) is 13.5 Å². The number of pyridine rings is 1. The number of aryl methyl sites for hydroxylation is 1. The number of fused-ring (bicyclic) bond motifs is 2. The number of aromatic amines is 1. The molecule has 1 saturated heterocycles. The number of H-pyrrole nitrogens is 1. The average Bonchev–Trinajstić information content (AvgIpc) is 3.39. The summed E-state index contributed by atoms with van der Waals surface area (Å²) in [7, 11) is 3.59. The lowest BCUT2D eigenvalue weighted by atomic mass is 10.0. The van der Waals surface area contributed by atoms with Gasteiger partial charge >= 0.3 is 0 Å². The standard InChI is InChI=1S/C26H32N6O2/c1-15(2)10-16-7-8-28-24-19(16)13-21(29-24)25-30-20-11-17(12-22(34-4)23(20)31(25)3)26(33)32-9-5-6-18(27)14-32/h7-8,11-13,15,18H,5-6,9-10,14,27H2,1-4H3,(H,28,29)/t18-/m1/s1. The van der Waals surface area contributed by atoms with E-state index in [9.17, 15) is 4.79 Å². The van der Waals surface area contributed by atoms with Gasteiger partial charge in [0.05, 0.1) is 18.3 Å². The van der Waals surface area contributed by atoms with Crippen LogP contribution in [0.25, 0.3) is 33.6 Å². The first kappa shape index (κ1) is 22.4. The third-order valence-corrected chi connectivity index (χ3v) is 6.64. The van der Waals surface area contributed by atoms with Crippen LogP contribution in [0.4, 0.5) is 0 Å². The van der Waals surface area contributed by atoms with Crippen molar-refractivity contribution in [2.45, 2.75) is 39.2 Å². The molecule has 8 heteroatoms. The number of aromatic nitrogens is 4. The Bertz CT molecular complexity index is 1370. The number of methoxy groups -OCH3 is 1. The molecule has 1 aliphatic rings. The molecule has 1 fully saturated rings. The zero-order chi connectivity index (χ0) is 24.0. The number of nitrogens with two attached hydrogens (primary N) is 1. The maximum Gasteiger partial charge on any atom is 0.254 e. The molecule has 4 aromatic rings. The predicted octanol–water partition coefficient (Wildman–Crippen LogP) is 3.89.